The van der Waals surface area contributed by atoms with Crippen molar-refractivity contribution in [1.82, 2.24) is 4.98 Å². The number of carbonyl (C=O) groups excluding carboxylic acids is 1. The van der Waals surface area contributed by atoms with Crippen molar-refractivity contribution in [3.63, 3.8) is 0 Å². The third-order valence-electron chi connectivity index (χ3n) is 3.89. The molecule has 0 spiro atoms. The SMILES string of the molecule is O=C(Cc1ccc2ccccc2n1)CC1CCSCC1. The highest BCUT2D eigenvalue weighted by Crippen LogP contribution is 2.25. The van der Waals surface area contributed by atoms with E-state index in [0.717, 1.165) is 23.0 Å². The molecule has 0 N–H and O–H groups in total. The average Bonchev–Trinajstić information content (AvgIpc) is 2.48. The van der Waals surface area contributed by atoms with Crippen LogP contribution in [0, 0.1) is 5.92 Å². The van der Waals surface area contributed by atoms with E-state index in [9.17, 15) is 4.79 Å². The second-order valence-electron chi connectivity index (χ2n) is 5.47. The van der Waals surface area contributed by atoms with Crippen LogP contribution in [0.5, 0.6) is 0 Å². The number of aromatic nitrogens is 1. The third-order valence-corrected chi connectivity index (χ3v) is 4.94. The predicted molar refractivity (Wildman–Crippen MR) is 85.1 cm³/mol. The maximum absolute atomic E-state index is 12.2. The molecule has 2 heterocycles. The van der Waals surface area contributed by atoms with Crippen LogP contribution >= 0.6 is 11.8 Å². The van der Waals surface area contributed by atoms with Crippen LogP contribution in [0.3, 0.4) is 0 Å². The minimum atomic E-state index is 0.338. The Morgan fingerprint density at radius 3 is 2.80 bits per heavy atom. The normalized spacial score (nSPS) is 16.4. The Morgan fingerprint density at radius 2 is 1.95 bits per heavy atom. The summed E-state index contributed by atoms with van der Waals surface area (Å²) < 4.78 is 0. The Labute approximate surface area is 124 Å². The highest BCUT2D eigenvalue weighted by atomic mass is 32.2. The number of nitrogens with zero attached hydrogens (tertiary/aromatic N) is 1. The van der Waals surface area contributed by atoms with Gasteiger partial charge >= 0.3 is 0 Å². The van der Waals surface area contributed by atoms with Gasteiger partial charge in [0.2, 0.25) is 0 Å². The van der Waals surface area contributed by atoms with Crippen molar-refractivity contribution in [2.75, 3.05) is 11.5 Å². The Hall–Kier alpha value is -1.35. The number of fused-ring (bicyclic) bond motifs is 1. The van der Waals surface area contributed by atoms with Crippen molar-refractivity contribution in [3.05, 3.63) is 42.1 Å². The fraction of sp³-hybridized carbons (Fsp3) is 0.412. The summed E-state index contributed by atoms with van der Waals surface area (Å²) in [6, 6.07) is 12.1. The van der Waals surface area contributed by atoms with Crippen molar-refractivity contribution in [2.24, 2.45) is 5.92 Å². The summed E-state index contributed by atoms with van der Waals surface area (Å²) in [5, 5.41) is 1.13. The Bertz CT molecular complexity index is 605. The lowest BCUT2D eigenvalue weighted by molar-refractivity contribution is -0.119. The molecule has 1 aromatic heterocycles. The molecule has 0 amide bonds. The number of ketones is 1. The summed E-state index contributed by atoms with van der Waals surface area (Å²) in [6.45, 7) is 0. The Morgan fingerprint density at radius 1 is 1.15 bits per heavy atom. The Balaban J connectivity index is 1.64. The molecule has 2 aromatic rings. The van der Waals surface area contributed by atoms with E-state index in [2.05, 4.69) is 11.1 Å². The second-order valence-corrected chi connectivity index (χ2v) is 6.70. The molecule has 1 aliphatic heterocycles. The van der Waals surface area contributed by atoms with Crippen LogP contribution in [0.25, 0.3) is 10.9 Å². The van der Waals surface area contributed by atoms with E-state index < -0.39 is 0 Å². The topological polar surface area (TPSA) is 30.0 Å². The van der Waals surface area contributed by atoms with Crippen LogP contribution in [0.2, 0.25) is 0 Å². The van der Waals surface area contributed by atoms with Crippen molar-refractivity contribution in [2.45, 2.75) is 25.7 Å². The Kier molecular flexibility index (Phi) is 4.36. The van der Waals surface area contributed by atoms with Gasteiger partial charge in [0.15, 0.2) is 0 Å². The van der Waals surface area contributed by atoms with Crippen LogP contribution < -0.4 is 0 Å². The standard InChI is InChI=1S/C17H19NOS/c19-16(11-13-7-9-20-10-8-13)12-15-6-5-14-3-1-2-4-17(14)18-15/h1-6,13H,7-12H2. The first-order chi connectivity index (χ1) is 9.81. The van der Waals surface area contributed by atoms with Crippen molar-refractivity contribution in [3.8, 4) is 0 Å². The average molecular weight is 285 g/mol. The van der Waals surface area contributed by atoms with Gasteiger partial charge in [0.25, 0.3) is 0 Å². The van der Waals surface area contributed by atoms with Gasteiger partial charge < -0.3 is 0 Å². The molecule has 2 nitrogen and oxygen atoms in total. The molecular formula is C17H19NOS. The van der Waals surface area contributed by atoms with Gasteiger partial charge in [-0.05, 0) is 42.4 Å². The summed E-state index contributed by atoms with van der Waals surface area (Å²) in [6.07, 6.45) is 3.60. The molecule has 3 rings (SSSR count). The first-order valence-corrected chi connectivity index (χ1v) is 8.41. The van der Waals surface area contributed by atoms with Gasteiger partial charge in [0.05, 0.1) is 5.52 Å². The first-order valence-electron chi connectivity index (χ1n) is 7.25. The lowest BCUT2D eigenvalue weighted by atomic mass is 9.94. The number of pyridine rings is 1. The lowest BCUT2D eigenvalue weighted by Crippen LogP contribution is -2.16. The number of carbonyl (C=O) groups is 1. The van der Waals surface area contributed by atoms with Crippen molar-refractivity contribution < 1.29 is 4.79 Å². The molecule has 20 heavy (non-hydrogen) atoms. The number of para-hydroxylation sites is 1. The summed E-state index contributed by atoms with van der Waals surface area (Å²) in [7, 11) is 0. The van der Waals surface area contributed by atoms with Gasteiger partial charge in [0, 0.05) is 23.9 Å². The van der Waals surface area contributed by atoms with Gasteiger partial charge in [0.1, 0.15) is 5.78 Å². The number of hydrogen-bond donors (Lipinski definition) is 0. The van der Waals surface area contributed by atoms with Gasteiger partial charge in [-0.25, -0.2) is 0 Å². The molecule has 104 valence electrons. The largest absolute Gasteiger partial charge is 0.299 e. The maximum atomic E-state index is 12.2. The van der Waals surface area contributed by atoms with Crippen LogP contribution in [-0.2, 0) is 11.2 Å². The lowest BCUT2D eigenvalue weighted by Gasteiger charge is -2.20. The predicted octanol–water partition coefficient (Wildman–Crippen LogP) is 3.88. The molecule has 1 aromatic carbocycles. The fourth-order valence-corrected chi connectivity index (χ4v) is 3.96. The number of hydrogen-bond acceptors (Lipinski definition) is 3. The third kappa shape index (κ3) is 3.40. The summed E-state index contributed by atoms with van der Waals surface area (Å²) in [5.74, 6) is 3.37. The molecule has 3 heteroatoms. The van der Waals surface area contributed by atoms with Gasteiger partial charge in [-0.2, -0.15) is 11.8 Å². The minimum Gasteiger partial charge on any atom is -0.299 e. The highest BCUT2D eigenvalue weighted by Gasteiger charge is 2.17. The molecule has 0 bridgehead atoms. The summed E-state index contributed by atoms with van der Waals surface area (Å²) in [4.78, 5) is 16.8. The van der Waals surface area contributed by atoms with E-state index in [-0.39, 0.29) is 0 Å². The monoisotopic (exact) mass is 285 g/mol. The number of Topliss-reactive ketones (excluding diaryl/α,β-unsaturated/α-hetero) is 1. The van der Waals surface area contributed by atoms with E-state index in [1.54, 1.807) is 0 Å². The number of rotatable bonds is 4. The molecule has 0 saturated carbocycles. The zero-order valence-electron chi connectivity index (χ0n) is 11.5. The highest BCUT2D eigenvalue weighted by molar-refractivity contribution is 7.99. The van der Waals surface area contributed by atoms with Gasteiger partial charge in [-0.3, -0.25) is 9.78 Å². The van der Waals surface area contributed by atoms with Crippen LogP contribution in [0.4, 0.5) is 0 Å². The molecule has 0 unspecified atom stereocenters. The maximum Gasteiger partial charge on any atom is 0.139 e. The smallest absolute Gasteiger partial charge is 0.139 e. The zero-order chi connectivity index (χ0) is 13.8. The van der Waals surface area contributed by atoms with Crippen molar-refractivity contribution in [1.29, 1.82) is 0 Å². The number of thioether (sulfide) groups is 1. The first kappa shape index (κ1) is 13.6. The number of benzene rings is 1. The van der Waals surface area contributed by atoms with Crippen LogP contribution in [0.1, 0.15) is 25.0 Å². The van der Waals surface area contributed by atoms with E-state index in [0.29, 0.717) is 18.1 Å². The fourth-order valence-electron chi connectivity index (χ4n) is 2.75. The van der Waals surface area contributed by atoms with E-state index >= 15 is 0 Å². The molecule has 1 aliphatic rings. The molecule has 0 atom stereocenters. The molecule has 1 fully saturated rings. The summed E-state index contributed by atoms with van der Waals surface area (Å²) in [5.41, 5.74) is 1.88. The van der Waals surface area contributed by atoms with Gasteiger partial charge in [-0.15, -0.1) is 0 Å². The quantitative estimate of drug-likeness (QED) is 0.854. The van der Waals surface area contributed by atoms with E-state index in [4.69, 9.17) is 0 Å². The van der Waals surface area contributed by atoms with E-state index in [1.807, 2.05) is 42.1 Å². The van der Waals surface area contributed by atoms with Crippen molar-refractivity contribution >= 4 is 28.4 Å². The summed E-state index contributed by atoms with van der Waals surface area (Å²) >= 11 is 2.01. The van der Waals surface area contributed by atoms with Crippen LogP contribution in [0.15, 0.2) is 36.4 Å². The van der Waals surface area contributed by atoms with Crippen LogP contribution in [-0.4, -0.2) is 22.3 Å². The molecule has 0 aliphatic carbocycles. The second kappa shape index (κ2) is 6.40. The van der Waals surface area contributed by atoms with Gasteiger partial charge in [-0.1, -0.05) is 24.3 Å². The zero-order valence-corrected chi connectivity index (χ0v) is 12.4. The molecule has 0 radical (unpaired) electrons. The minimum absolute atomic E-state index is 0.338. The van der Waals surface area contributed by atoms with E-state index in [1.165, 1.54) is 24.3 Å². The molecule has 1 saturated heterocycles. The molecular weight excluding hydrogens is 266 g/mol.